The van der Waals surface area contributed by atoms with Gasteiger partial charge in [0.1, 0.15) is 35.2 Å². The number of carboxylic acids is 4. The van der Waals surface area contributed by atoms with Crippen LogP contribution in [0.3, 0.4) is 0 Å². The summed E-state index contributed by atoms with van der Waals surface area (Å²) in [5.41, 5.74) is 0.863. The van der Waals surface area contributed by atoms with Crippen LogP contribution >= 0.6 is 0 Å². The third kappa shape index (κ3) is 24.9. The maximum absolute atomic E-state index is 12.7. The van der Waals surface area contributed by atoms with E-state index in [1.165, 1.54) is 0 Å². The quantitative estimate of drug-likeness (QED) is 0.0425. The van der Waals surface area contributed by atoms with E-state index in [2.05, 4.69) is 31.2 Å². The average molecular weight is 907 g/mol. The summed E-state index contributed by atoms with van der Waals surface area (Å²) in [6, 6.07) is -2.96. The van der Waals surface area contributed by atoms with E-state index >= 15 is 0 Å². The molecular weight excluding hydrogens is 844 g/mol. The van der Waals surface area contributed by atoms with E-state index in [4.69, 9.17) is 5.11 Å². The summed E-state index contributed by atoms with van der Waals surface area (Å²) in [5.74, 6) is -12.5. The van der Waals surface area contributed by atoms with Crippen LogP contribution in [0, 0.1) is 17.8 Å². The van der Waals surface area contributed by atoms with Crippen molar-refractivity contribution < 1.29 is 78.0 Å². The first-order valence-electron chi connectivity index (χ1n) is 21.3. The number of hydrogen-bond acceptors (Lipinski definition) is 13. The second-order valence-corrected chi connectivity index (χ2v) is 15.6. The molecule has 0 aliphatic heterocycles. The first kappa shape index (κ1) is 55.7. The molecule has 0 aliphatic carbocycles. The van der Waals surface area contributed by atoms with E-state index in [1.54, 1.807) is 19.4 Å². The van der Waals surface area contributed by atoms with Gasteiger partial charge in [0.2, 0.25) is 23.6 Å². The molecule has 1 heterocycles. The molecule has 356 valence electrons. The molecule has 0 aromatic carbocycles. The van der Waals surface area contributed by atoms with Gasteiger partial charge >= 0.3 is 23.9 Å². The van der Waals surface area contributed by atoms with Gasteiger partial charge in [-0.3, -0.25) is 47.9 Å². The Morgan fingerprint density at radius 1 is 0.578 bits per heavy atom. The van der Waals surface area contributed by atoms with Crippen molar-refractivity contribution in [2.45, 2.75) is 142 Å². The standard InChI is InChI=1S/C42H62N6O16/c1-3-35(53)26(7-11-30(50)12-10-29-22-43-24-46-29)6-4-5-19-44-38(56)23-45-36(54)17-8-27(39(57)58)20-32(52)14-16-34(42(63)64)48-37(55)18-9-28(40(59)60)21-31(51)13-15-33(41(61)62)47-25(2)49/h22,24,26-28,33-34H,3-21,23H2,1-2H3,(H,43,46)(H,44,56)(H,45,54)(H,47,49)(H,48,55)(H,57,58)(H,59,60)(H,61,62)(H,63,64)/t26-,27-,28-,33?,34+/m1/s1. The molecule has 0 bridgehead atoms. The van der Waals surface area contributed by atoms with Crippen LogP contribution in [0.2, 0.25) is 0 Å². The van der Waals surface area contributed by atoms with Crippen molar-refractivity contribution in [2.75, 3.05) is 13.1 Å². The fourth-order valence-corrected chi connectivity index (χ4v) is 6.61. The van der Waals surface area contributed by atoms with Gasteiger partial charge in [0.15, 0.2) is 0 Å². The smallest absolute Gasteiger partial charge is 0.326 e. The third-order valence-electron chi connectivity index (χ3n) is 10.4. The number of aromatic amines is 1. The normalized spacial score (nSPS) is 13.2. The summed E-state index contributed by atoms with van der Waals surface area (Å²) < 4.78 is 0. The van der Waals surface area contributed by atoms with Crippen LogP contribution in [-0.4, -0.2) is 126 Å². The highest BCUT2D eigenvalue weighted by Crippen LogP contribution is 2.20. The molecular formula is C42H62N6O16. The molecule has 1 unspecified atom stereocenters. The zero-order valence-corrected chi connectivity index (χ0v) is 36.3. The Kier molecular flexibility index (Phi) is 26.7. The van der Waals surface area contributed by atoms with Crippen molar-refractivity contribution >= 4 is 70.6 Å². The highest BCUT2D eigenvalue weighted by molar-refractivity contribution is 5.89. The largest absolute Gasteiger partial charge is 0.481 e. The zero-order chi connectivity index (χ0) is 48.2. The summed E-state index contributed by atoms with van der Waals surface area (Å²) in [6.07, 6.45) is 2.77. The monoisotopic (exact) mass is 906 g/mol. The van der Waals surface area contributed by atoms with Crippen LogP contribution in [0.1, 0.15) is 129 Å². The molecule has 1 aromatic heterocycles. The number of carbonyl (C=O) groups excluding carboxylic acids is 8. The summed E-state index contributed by atoms with van der Waals surface area (Å²) in [7, 11) is 0. The number of carbonyl (C=O) groups is 12. The maximum atomic E-state index is 12.7. The Labute approximate surface area is 369 Å². The lowest BCUT2D eigenvalue weighted by Gasteiger charge is -2.17. The second kappa shape index (κ2) is 30.7. The predicted molar refractivity (Wildman–Crippen MR) is 223 cm³/mol. The number of H-pyrrole nitrogens is 1. The number of hydrogen-bond donors (Lipinski definition) is 9. The molecule has 9 N–H and O–H groups in total. The first-order valence-corrected chi connectivity index (χ1v) is 21.3. The highest BCUT2D eigenvalue weighted by Gasteiger charge is 2.28. The van der Waals surface area contributed by atoms with E-state index in [-0.39, 0.29) is 62.7 Å². The molecule has 22 nitrogen and oxygen atoms in total. The van der Waals surface area contributed by atoms with Gasteiger partial charge in [-0.25, -0.2) is 14.6 Å². The Bertz CT molecular complexity index is 1780. The summed E-state index contributed by atoms with van der Waals surface area (Å²) in [5, 5.41) is 47.3. The van der Waals surface area contributed by atoms with Crippen molar-refractivity contribution in [1.29, 1.82) is 0 Å². The van der Waals surface area contributed by atoms with Gasteiger partial charge in [0.05, 0.1) is 24.7 Å². The molecule has 1 rings (SSSR count). The lowest BCUT2D eigenvalue weighted by molar-refractivity contribution is -0.145. The van der Waals surface area contributed by atoms with Crippen LogP contribution < -0.4 is 21.3 Å². The van der Waals surface area contributed by atoms with Crippen molar-refractivity contribution in [3.8, 4) is 0 Å². The lowest BCUT2D eigenvalue weighted by Crippen LogP contribution is -2.41. The van der Waals surface area contributed by atoms with Gasteiger partial charge in [-0.15, -0.1) is 0 Å². The Morgan fingerprint density at radius 2 is 1.11 bits per heavy atom. The number of aryl methyl sites for hydroxylation is 1. The molecule has 5 atom stereocenters. The van der Waals surface area contributed by atoms with Crippen LogP contribution in [-0.2, 0) is 64.0 Å². The molecule has 0 radical (unpaired) electrons. The van der Waals surface area contributed by atoms with Gasteiger partial charge in [-0.2, -0.15) is 0 Å². The van der Waals surface area contributed by atoms with Crippen LogP contribution in [0.4, 0.5) is 0 Å². The lowest BCUT2D eigenvalue weighted by atomic mass is 9.90. The number of Topliss-reactive ketones (excluding diaryl/α,β-unsaturated/α-hetero) is 4. The third-order valence-corrected chi connectivity index (χ3v) is 10.4. The Balaban J connectivity index is 2.44. The summed E-state index contributed by atoms with van der Waals surface area (Å²) >= 11 is 0. The minimum absolute atomic E-state index is 0.0626. The van der Waals surface area contributed by atoms with Gasteiger partial charge < -0.3 is 46.7 Å². The maximum Gasteiger partial charge on any atom is 0.326 e. The van der Waals surface area contributed by atoms with E-state index in [0.29, 0.717) is 51.4 Å². The Morgan fingerprint density at radius 3 is 1.61 bits per heavy atom. The molecule has 0 aliphatic rings. The first-order chi connectivity index (χ1) is 30.2. The predicted octanol–water partition coefficient (Wildman–Crippen LogP) is 1.29. The SMILES string of the molecule is CCC(=O)[C@H](CCCCNC(=O)CNC(=O)CC[C@H](CC(=O)CC[C@H](NC(=O)CC[C@H](CC(=O)CCC(NC(C)=O)C(=O)O)C(=O)O)C(=O)O)C(=O)O)CCC(=O)CCc1cnc[nH]1. The number of nitrogens with one attached hydrogen (secondary N) is 5. The van der Waals surface area contributed by atoms with Gasteiger partial charge in [0.25, 0.3) is 0 Å². The van der Waals surface area contributed by atoms with Crippen LogP contribution in [0.15, 0.2) is 12.5 Å². The number of rotatable bonds is 37. The molecule has 1 aromatic rings. The number of carboxylic acid groups (broad SMARTS) is 4. The summed E-state index contributed by atoms with van der Waals surface area (Å²) in [6.45, 7) is 2.75. The fraction of sp³-hybridized carbons (Fsp3) is 0.643. The number of imidazole rings is 1. The van der Waals surface area contributed by atoms with E-state index < -0.39 is 115 Å². The molecule has 0 saturated heterocycles. The number of aliphatic carboxylic acids is 4. The number of aromatic nitrogens is 2. The Hall–Kier alpha value is -6.35. The van der Waals surface area contributed by atoms with Gasteiger partial charge in [-0.05, 0) is 51.4 Å². The van der Waals surface area contributed by atoms with Gasteiger partial charge in [0, 0.05) is 89.1 Å². The molecule has 0 saturated carbocycles. The molecule has 4 amide bonds. The van der Waals surface area contributed by atoms with Gasteiger partial charge in [-0.1, -0.05) is 13.3 Å². The van der Waals surface area contributed by atoms with Crippen LogP contribution in [0.5, 0.6) is 0 Å². The molecule has 0 spiro atoms. The average Bonchev–Trinajstić information content (AvgIpc) is 3.76. The topological polar surface area (TPSA) is 363 Å². The number of unbranched alkanes of at least 4 members (excludes halogenated alkanes) is 1. The van der Waals surface area contributed by atoms with E-state index in [0.717, 1.165) is 12.6 Å². The van der Waals surface area contributed by atoms with Crippen molar-refractivity contribution in [2.24, 2.45) is 17.8 Å². The van der Waals surface area contributed by atoms with Crippen LogP contribution in [0.25, 0.3) is 0 Å². The minimum atomic E-state index is -1.60. The number of nitrogens with zero attached hydrogens (tertiary/aromatic N) is 1. The number of amides is 4. The van der Waals surface area contributed by atoms with Crippen molar-refractivity contribution in [3.05, 3.63) is 18.2 Å². The zero-order valence-electron chi connectivity index (χ0n) is 36.3. The van der Waals surface area contributed by atoms with Crippen molar-refractivity contribution in [3.63, 3.8) is 0 Å². The number of ketones is 4. The minimum Gasteiger partial charge on any atom is -0.481 e. The van der Waals surface area contributed by atoms with E-state index in [1.807, 2.05) is 0 Å². The highest BCUT2D eigenvalue weighted by atomic mass is 16.4. The van der Waals surface area contributed by atoms with E-state index in [9.17, 15) is 72.9 Å². The van der Waals surface area contributed by atoms with Crippen molar-refractivity contribution in [1.82, 2.24) is 31.2 Å². The molecule has 0 fully saturated rings. The summed E-state index contributed by atoms with van der Waals surface area (Å²) in [4.78, 5) is 152. The second-order valence-electron chi connectivity index (χ2n) is 15.6. The molecule has 22 heteroatoms. The molecule has 64 heavy (non-hydrogen) atoms. The fourth-order valence-electron chi connectivity index (χ4n) is 6.61.